The van der Waals surface area contributed by atoms with Gasteiger partial charge in [0.05, 0.1) is 0 Å². The van der Waals surface area contributed by atoms with Crippen molar-refractivity contribution in [3.63, 3.8) is 0 Å². The van der Waals surface area contributed by atoms with Gasteiger partial charge in [-0.05, 0) is 76.2 Å². The topological polar surface area (TPSA) is 65.0 Å². The lowest BCUT2D eigenvalue weighted by Crippen LogP contribution is -2.15. The molecule has 0 atom stereocenters. The third kappa shape index (κ3) is 4.12. The summed E-state index contributed by atoms with van der Waals surface area (Å²) in [6.07, 6.45) is 0. The van der Waals surface area contributed by atoms with Crippen LogP contribution in [-0.4, -0.2) is 15.0 Å². The molecule has 0 amide bonds. The zero-order chi connectivity index (χ0) is 33.8. The second kappa shape index (κ2) is 10.2. The third-order valence-corrected chi connectivity index (χ3v) is 10.7. The van der Waals surface area contributed by atoms with Gasteiger partial charge in [0.1, 0.15) is 22.3 Å². The summed E-state index contributed by atoms with van der Waals surface area (Å²) in [6.45, 7) is 4.59. The van der Waals surface area contributed by atoms with Gasteiger partial charge in [0.2, 0.25) is 0 Å². The Hall–Kier alpha value is -6.59. The first-order valence-electron chi connectivity index (χ1n) is 17.3. The molecule has 10 aromatic rings. The standard InChI is InChI=1S/C46H29N3O2/c1-46(2)37-13-7-5-11-31(37)32-19-16-28(24-38(32)46)44-47-43(48-45(49-44)29-17-20-34-33-12-6-8-14-39(33)50-41(34)25-29)27-18-22-40-36(23-27)35-21-15-26-9-3-4-10-30(26)42(35)51-40/h3-25H,1-2H3. The zero-order valence-electron chi connectivity index (χ0n) is 27.9. The molecular weight excluding hydrogens is 627 g/mol. The molecule has 51 heavy (non-hydrogen) atoms. The molecule has 1 aliphatic rings. The molecule has 7 aromatic carbocycles. The maximum absolute atomic E-state index is 6.43. The quantitative estimate of drug-likeness (QED) is 0.189. The lowest BCUT2D eigenvalue weighted by Gasteiger charge is -2.21. The maximum atomic E-state index is 6.43. The highest BCUT2D eigenvalue weighted by Gasteiger charge is 2.35. The minimum atomic E-state index is -0.148. The van der Waals surface area contributed by atoms with Crippen LogP contribution in [0.25, 0.3) is 99.9 Å². The second-order valence-electron chi connectivity index (χ2n) is 14.0. The largest absolute Gasteiger partial charge is 0.456 e. The Morgan fingerprint density at radius 2 is 1.02 bits per heavy atom. The summed E-state index contributed by atoms with van der Waals surface area (Å²) >= 11 is 0. The van der Waals surface area contributed by atoms with Gasteiger partial charge >= 0.3 is 0 Å². The fraction of sp³-hybridized carbons (Fsp3) is 0.0652. The Kier molecular flexibility index (Phi) is 5.66. The number of aromatic nitrogens is 3. The molecule has 0 fully saturated rings. The molecule has 1 aliphatic carbocycles. The first-order valence-corrected chi connectivity index (χ1v) is 17.3. The fourth-order valence-corrected chi connectivity index (χ4v) is 8.12. The number of hydrogen-bond acceptors (Lipinski definition) is 5. The van der Waals surface area contributed by atoms with Crippen molar-refractivity contribution >= 4 is 54.6 Å². The summed E-state index contributed by atoms with van der Waals surface area (Å²) in [6, 6.07) is 48.5. The van der Waals surface area contributed by atoms with Crippen LogP contribution in [0.2, 0.25) is 0 Å². The van der Waals surface area contributed by atoms with Crippen molar-refractivity contribution in [1.29, 1.82) is 0 Å². The van der Waals surface area contributed by atoms with Gasteiger partial charge in [-0.2, -0.15) is 0 Å². The van der Waals surface area contributed by atoms with E-state index in [0.717, 1.165) is 71.3 Å². The summed E-state index contributed by atoms with van der Waals surface area (Å²) in [5, 5.41) is 6.49. The average molecular weight is 656 g/mol. The van der Waals surface area contributed by atoms with E-state index < -0.39 is 0 Å². The first-order chi connectivity index (χ1) is 25.0. The van der Waals surface area contributed by atoms with Gasteiger partial charge in [-0.3, -0.25) is 0 Å². The van der Waals surface area contributed by atoms with Crippen LogP contribution in [0.3, 0.4) is 0 Å². The fourth-order valence-electron chi connectivity index (χ4n) is 8.12. The highest BCUT2D eigenvalue weighted by Crippen LogP contribution is 2.49. The van der Waals surface area contributed by atoms with Crippen molar-refractivity contribution in [3.05, 3.63) is 151 Å². The molecule has 3 heterocycles. The van der Waals surface area contributed by atoms with Gasteiger partial charge in [0.25, 0.3) is 0 Å². The van der Waals surface area contributed by atoms with E-state index in [1.807, 2.05) is 36.4 Å². The molecule has 11 rings (SSSR count). The summed E-state index contributed by atoms with van der Waals surface area (Å²) in [5.41, 5.74) is 11.1. The highest BCUT2D eigenvalue weighted by molar-refractivity contribution is 6.15. The minimum absolute atomic E-state index is 0.148. The molecule has 0 N–H and O–H groups in total. The Labute approximate surface area is 292 Å². The molecule has 0 saturated heterocycles. The predicted octanol–water partition coefficient (Wildman–Crippen LogP) is 12.1. The normalized spacial score (nSPS) is 13.5. The van der Waals surface area contributed by atoms with Crippen LogP contribution in [0, 0.1) is 0 Å². The van der Waals surface area contributed by atoms with E-state index in [2.05, 4.69) is 117 Å². The first kappa shape index (κ1) is 28.3. The van der Waals surface area contributed by atoms with E-state index in [4.69, 9.17) is 23.8 Å². The second-order valence-corrected chi connectivity index (χ2v) is 14.0. The number of rotatable bonds is 3. The molecule has 0 radical (unpaired) electrons. The van der Waals surface area contributed by atoms with Crippen LogP contribution in [0.15, 0.2) is 148 Å². The molecule has 240 valence electrons. The molecule has 5 nitrogen and oxygen atoms in total. The number of fused-ring (bicyclic) bond motifs is 11. The molecule has 0 aliphatic heterocycles. The average Bonchev–Trinajstić information content (AvgIpc) is 3.82. The van der Waals surface area contributed by atoms with E-state index >= 15 is 0 Å². The van der Waals surface area contributed by atoms with Crippen LogP contribution < -0.4 is 0 Å². The highest BCUT2D eigenvalue weighted by atomic mass is 16.3. The number of benzene rings is 7. The van der Waals surface area contributed by atoms with Crippen LogP contribution in [0.1, 0.15) is 25.0 Å². The van der Waals surface area contributed by atoms with Crippen molar-refractivity contribution in [2.45, 2.75) is 19.3 Å². The van der Waals surface area contributed by atoms with Gasteiger partial charge < -0.3 is 8.83 Å². The Morgan fingerprint density at radius 1 is 0.412 bits per heavy atom. The molecule has 0 saturated carbocycles. The summed E-state index contributed by atoms with van der Waals surface area (Å²) in [5.74, 6) is 1.81. The Morgan fingerprint density at radius 3 is 1.88 bits per heavy atom. The summed E-state index contributed by atoms with van der Waals surface area (Å²) < 4.78 is 12.7. The predicted molar refractivity (Wildman–Crippen MR) is 206 cm³/mol. The smallest absolute Gasteiger partial charge is 0.164 e. The number of para-hydroxylation sites is 1. The van der Waals surface area contributed by atoms with Gasteiger partial charge in [-0.25, -0.2) is 15.0 Å². The molecule has 0 spiro atoms. The Bertz CT molecular complexity index is 3080. The van der Waals surface area contributed by atoms with E-state index in [0.29, 0.717) is 17.5 Å². The molecule has 0 bridgehead atoms. The van der Waals surface area contributed by atoms with E-state index in [1.54, 1.807) is 0 Å². The van der Waals surface area contributed by atoms with Crippen molar-refractivity contribution in [1.82, 2.24) is 15.0 Å². The van der Waals surface area contributed by atoms with Crippen molar-refractivity contribution in [2.75, 3.05) is 0 Å². The monoisotopic (exact) mass is 655 g/mol. The lowest BCUT2D eigenvalue weighted by molar-refractivity contribution is 0.660. The number of nitrogens with zero attached hydrogens (tertiary/aromatic N) is 3. The minimum Gasteiger partial charge on any atom is -0.456 e. The van der Waals surface area contributed by atoms with Gasteiger partial charge in [0, 0.05) is 49.0 Å². The van der Waals surface area contributed by atoms with E-state index in [1.165, 1.54) is 22.3 Å². The Balaban J connectivity index is 1.12. The van der Waals surface area contributed by atoms with Crippen molar-refractivity contribution in [2.24, 2.45) is 0 Å². The molecular formula is C46H29N3O2. The summed E-state index contributed by atoms with van der Waals surface area (Å²) in [7, 11) is 0. The molecule has 0 unspecified atom stereocenters. The van der Waals surface area contributed by atoms with Gasteiger partial charge in [0.15, 0.2) is 17.5 Å². The van der Waals surface area contributed by atoms with Gasteiger partial charge in [-0.1, -0.05) is 105 Å². The summed E-state index contributed by atoms with van der Waals surface area (Å²) in [4.78, 5) is 15.4. The van der Waals surface area contributed by atoms with Crippen molar-refractivity contribution in [3.8, 4) is 45.3 Å². The van der Waals surface area contributed by atoms with E-state index in [9.17, 15) is 0 Å². The SMILES string of the molecule is CC1(C)c2ccccc2-c2ccc(-c3nc(-c4ccc5c(c4)oc4ccccc45)nc(-c4ccc5oc6c7ccccc7ccc6c5c4)n3)cc21. The van der Waals surface area contributed by atoms with Crippen molar-refractivity contribution < 1.29 is 8.83 Å². The maximum Gasteiger partial charge on any atom is 0.164 e. The van der Waals surface area contributed by atoms with Crippen LogP contribution in [-0.2, 0) is 5.41 Å². The van der Waals surface area contributed by atoms with Crippen LogP contribution in [0.5, 0.6) is 0 Å². The molecule has 3 aromatic heterocycles. The van der Waals surface area contributed by atoms with Crippen LogP contribution >= 0.6 is 0 Å². The molecule has 5 heteroatoms. The number of hydrogen-bond donors (Lipinski definition) is 0. The number of furan rings is 2. The zero-order valence-corrected chi connectivity index (χ0v) is 27.9. The lowest BCUT2D eigenvalue weighted by atomic mass is 9.82. The van der Waals surface area contributed by atoms with Crippen LogP contribution in [0.4, 0.5) is 0 Å². The third-order valence-electron chi connectivity index (χ3n) is 10.7. The van der Waals surface area contributed by atoms with E-state index in [-0.39, 0.29) is 5.41 Å². The van der Waals surface area contributed by atoms with Gasteiger partial charge in [-0.15, -0.1) is 0 Å².